The molecule has 0 aliphatic carbocycles. The number of benzene rings is 1. The molecule has 1 aromatic carbocycles. The van der Waals surface area contributed by atoms with E-state index in [-0.39, 0.29) is 13.1 Å². The van der Waals surface area contributed by atoms with Crippen molar-refractivity contribution in [3.8, 4) is 0 Å². The molecule has 0 radical (unpaired) electrons. The lowest BCUT2D eigenvalue weighted by Crippen LogP contribution is -2.43. The lowest BCUT2D eigenvalue weighted by Gasteiger charge is -2.26. The molecule has 0 heterocycles. The molecule has 106 valence electrons. The molecular weight excluding hydrogens is 257 g/mol. The van der Waals surface area contributed by atoms with Gasteiger partial charge in [0.15, 0.2) is 0 Å². The second-order valence-corrected chi connectivity index (χ2v) is 4.17. The first-order chi connectivity index (χ1) is 8.89. The van der Waals surface area contributed by atoms with E-state index in [0.717, 1.165) is 4.90 Å². The second kappa shape index (κ2) is 6.56. The van der Waals surface area contributed by atoms with Crippen molar-refractivity contribution in [3.05, 3.63) is 35.9 Å². The van der Waals surface area contributed by atoms with Crippen LogP contribution in [0, 0.1) is 0 Å². The van der Waals surface area contributed by atoms with Crippen molar-refractivity contribution < 1.29 is 18.0 Å². The Hall–Kier alpha value is -1.56. The lowest BCUT2D eigenvalue weighted by molar-refractivity contribution is -0.161. The van der Waals surface area contributed by atoms with Crippen LogP contribution in [0.2, 0.25) is 0 Å². The minimum atomic E-state index is -4.40. The van der Waals surface area contributed by atoms with Gasteiger partial charge >= 0.3 is 6.18 Å². The van der Waals surface area contributed by atoms with Gasteiger partial charge in [-0.25, -0.2) is 0 Å². The predicted octanol–water partition coefficient (Wildman–Crippen LogP) is 2.14. The Morgan fingerprint density at radius 3 is 2.32 bits per heavy atom. The molecule has 0 bridgehead atoms. The maximum absolute atomic E-state index is 12.4. The predicted molar refractivity (Wildman–Crippen MR) is 66.5 cm³/mol. The second-order valence-electron chi connectivity index (χ2n) is 4.17. The van der Waals surface area contributed by atoms with Crippen molar-refractivity contribution in [2.24, 2.45) is 5.73 Å². The Labute approximate surface area is 110 Å². The SMILES string of the molecule is CCN(CC(F)(F)F)C(=O)C(CN)c1ccccc1. The van der Waals surface area contributed by atoms with Gasteiger partial charge in [0.25, 0.3) is 0 Å². The zero-order valence-corrected chi connectivity index (χ0v) is 10.7. The number of hydrogen-bond donors (Lipinski definition) is 1. The van der Waals surface area contributed by atoms with E-state index in [1.54, 1.807) is 30.3 Å². The third kappa shape index (κ3) is 4.55. The molecule has 0 aliphatic heterocycles. The highest BCUT2D eigenvalue weighted by molar-refractivity contribution is 5.84. The summed E-state index contributed by atoms with van der Waals surface area (Å²) in [6.45, 7) is 0.257. The maximum atomic E-state index is 12.4. The minimum absolute atomic E-state index is 0.00166. The van der Waals surface area contributed by atoms with E-state index >= 15 is 0 Å². The molecule has 0 aromatic heterocycles. The average molecular weight is 274 g/mol. The van der Waals surface area contributed by atoms with Gasteiger partial charge in [-0.3, -0.25) is 4.79 Å². The fraction of sp³-hybridized carbons (Fsp3) is 0.462. The summed E-state index contributed by atoms with van der Waals surface area (Å²) in [5, 5.41) is 0. The Bertz CT molecular complexity index is 406. The summed E-state index contributed by atoms with van der Waals surface area (Å²) >= 11 is 0. The van der Waals surface area contributed by atoms with Crippen LogP contribution in [0.4, 0.5) is 13.2 Å². The fourth-order valence-corrected chi connectivity index (χ4v) is 1.85. The summed E-state index contributed by atoms with van der Waals surface area (Å²) in [4.78, 5) is 12.9. The van der Waals surface area contributed by atoms with Crippen molar-refractivity contribution in [2.45, 2.75) is 19.0 Å². The highest BCUT2D eigenvalue weighted by Gasteiger charge is 2.34. The van der Waals surface area contributed by atoms with E-state index in [0.29, 0.717) is 5.56 Å². The highest BCUT2D eigenvalue weighted by atomic mass is 19.4. The number of nitrogens with two attached hydrogens (primary N) is 1. The van der Waals surface area contributed by atoms with Crippen molar-refractivity contribution in [3.63, 3.8) is 0 Å². The summed E-state index contributed by atoms with van der Waals surface area (Å²) in [6.07, 6.45) is -4.40. The largest absolute Gasteiger partial charge is 0.406 e. The van der Waals surface area contributed by atoms with Gasteiger partial charge in [0, 0.05) is 13.1 Å². The maximum Gasteiger partial charge on any atom is 0.406 e. The number of carbonyl (C=O) groups excluding carboxylic acids is 1. The highest BCUT2D eigenvalue weighted by Crippen LogP contribution is 2.21. The van der Waals surface area contributed by atoms with Gasteiger partial charge in [-0.2, -0.15) is 13.2 Å². The van der Waals surface area contributed by atoms with Crippen LogP contribution in [0.25, 0.3) is 0 Å². The molecule has 6 heteroatoms. The van der Waals surface area contributed by atoms with Gasteiger partial charge in [-0.15, -0.1) is 0 Å². The van der Waals surface area contributed by atoms with Crippen molar-refractivity contribution in [1.29, 1.82) is 0 Å². The van der Waals surface area contributed by atoms with E-state index in [1.807, 2.05) is 0 Å². The van der Waals surface area contributed by atoms with Crippen LogP contribution in [-0.4, -0.2) is 36.6 Å². The summed E-state index contributed by atoms with van der Waals surface area (Å²) < 4.78 is 37.2. The first-order valence-electron chi connectivity index (χ1n) is 5.99. The molecule has 3 nitrogen and oxygen atoms in total. The zero-order chi connectivity index (χ0) is 14.5. The van der Waals surface area contributed by atoms with Crippen LogP contribution in [-0.2, 0) is 4.79 Å². The third-order valence-electron chi connectivity index (χ3n) is 2.80. The molecule has 1 amide bonds. The molecule has 2 N–H and O–H groups in total. The number of nitrogens with zero attached hydrogens (tertiary/aromatic N) is 1. The molecule has 1 rings (SSSR count). The molecule has 1 unspecified atom stereocenters. The van der Waals surface area contributed by atoms with E-state index in [1.165, 1.54) is 6.92 Å². The van der Waals surface area contributed by atoms with Crippen LogP contribution in [0.15, 0.2) is 30.3 Å². The summed E-state index contributed by atoms with van der Waals surface area (Å²) in [5.74, 6) is -1.32. The molecular formula is C13H17F3N2O. The number of likely N-dealkylation sites (N-methyl/N-ethyl adjacent to an activating group) is 1. The van der Waals surface area contributed by atoms with Gasteiger partial charge in [0.1, 0.15) is 6.54 Å². The number of carbonyl (C=O) groups is 1. The summed E-state index contributed by atoms with van der Waals surface area (Å²) in [6, 6.07) is 8.61. The first-order valence-corrected chi connectivity index (χ1v) is 5.99. The van der Waals surface area contributed by atoms with Gasteiger partial charge in [-0.1, -0.05) is 30.3 Å². The Kier molecular flexibility index (Phi) is 5.35. The Morgan fingerprint density at radius 1 is 1.32 bits per heavy atom. The van der Waals surface area contributed by atoms with Crippen molar-refractivity contribution in [2.75, 3.05) is 19.6 Å². The Morgan fingerprint density at radius 2 is 1.89 bits per heavy atom. The molecule has 1 atom stereocenters. The number of amides is 1. The molecule has 0 aliphatic rings. The Balaban J connectivity index is 2.88. The number of hydrogen-bond acceptors (Lipinski definition) is 2. The fourth-order valence-electron chi connectivity index (χ4n) is 1.85. The number of rotatable bonds is 5. The normalized spacial score (nSPS) is 13.1. The third-order valence-corrected chi connectivity index (χ3v) is 2.80. The monoisotopic (exact) mass is 274 g/mol. The zero-order valence-electron chi connectivity index (χ0n) is 10.7. The number of halogens is 3. The minimum Gasteiger partial charge on any atom is -0.333 e. The first kappa shape index (κ1) is 15.5. The molecule has 0 spiro atoms. The summed E-state index contributed by atoms with van der Waals surface area (Å²) in [7, 11) is 0. The van der Waals surface area contributed by atoms with E-state index in [4.69, 9.17) is 5.73 Å². The number of alkyl halides is 3. The molecule has 0 fully saturated rings. The van der Waals surface area contributed by atoms with Crippen LogP contribution in [0.1, 0.15) is 18.4 Å². The quantitative estimate of drug-likeness (QED) is 0.894. The smallest absolute Gasteiger partial charge is 0.333 e. The molecule has 1 aromatic rings. The van der Waals surface area contributed by atoms with E-state index in [9.17, 15) is 18.0 Å². The van der Waals surface area contributed by atoms with Crippen LogP contribution < -0.4 is 5.73 Å². The van der Waals surface area contributed by atoms with Gasteiger partial charge in [0.2, 0.25) is 5.91 Å². The molecule has 0 saturated carbocycles. The van der Waals surface area contributed by atoms with Crippen LogP contribution in [0.5, 0.6) is 0 Å². The molecule has 0 saturated heterocycles. The van der Waals surface area contributed by atoms with Crippen molar-refractivity contribution >= 4 is 5.91 Å². The van der Waals surface area contributed by atoms with Gasteiger partial charge in [-0.05, 0) is 12.5 Å². The van der Waals surface area contributed by atoms with Gasteiger partial charge < -0.3 is 10.6 Å². The van der Waals surface area contributed by atoms with E-state index in [2.05, 4.69) is 0 Å². The van der Waals surface area contributed by atoms with Crippen LogP contribution in [0.3, 0.4) is 0 Å². The van der Waals surface area contributed by atoms with Crippen LogP contribution >= 0.6 is 0 Å². The molecule has 19 heavy (non-hydrogen) atoms. The lowest BCUT2D eigenvalue weighted by atomic mass is 9.97. The standard InChI is InChI=1S/C13H17F3N2O/c1-2-18(9-13(14,15)16)12(19)11(8-17)10-6-4-3-5-7-10/h3-7,11H,2,8-9,17H2,1H3. The average Bonchev–Trinajstić information content (AvgIpc) is 2.37. The van der Waals surface area contributed by atoms with E-state index < -0.39 is 24.5 Å². The van der Waals surface area contributed by atoms with Gasteiger partial charge in [0.05, 0.1) is 5.92 Å². The van der Waals surface area contributed by atoms with Crippen molar-refractivity contribution in [1.82, 2.24) is 4.90 Å². The summed E-state index contributed by atoms with van der Waals surface area (Å²) in [5.41, 5.74) is 6.17. The topological polar surface area (TPSA) is 46.3 Å².